The summed E-state index contributed by atoms with van der Waals surface area (Å²) in [4.78, 5) is 10.5. The van der Waals surface area contributed by atoms with E-state index in [1.54, 1.807) is 23.1 Å². The van der Waals surface area contributed by atoms with E-state index in [-0.39, 0.29) is 0 Å². The smallest absolute Gasteiger partial charge is 0.142 e. The zero-order valence-electron chi connectivity index (χ0n) is 12.1. The highest BCUT2D eigenvalue weighted by Gasteiger charge is 2.14. The largest absolute Gasteiger partial charge is 0.370 e. The molecule has 0 aliphatic carbocycles. The highest BCUT2D eigenvalue weighted by Crippen LogP contribution is 2.37. The lowest BCUT2D eigenvalue weighted by Crippen LogP contribution is -2.03. The van der Waals surface area contributed by atoms with E-state index < -0.39 is 0 Å². The van der Waals surface area contributed by atoms with Crippen LogP contribution < -0.4 is 5.32 Å². The summed E-state index contributed by atoms with van der Waals surface area (Å²) >= 11 is 3.43. The zero-order valence-corrected chi connectivity index (χ0v) is 13.7. The molecule has 0 atom stereocenters. The molecule has 2 heterocycles. The van der Waals surface area contributed by atoms with Crippen molar-refractivity contribution in [2.24, 2.45) is 0 Å². The van der Waals surface area contributed by atoms with Crippen molar-refractivity contribution in [2.45, 2.75) is 12.7 Å². The Morgan fingerprint density at radius 3 is 2.71 bits per heavy atom. The van der Waals surface area contributed by atoms with Gasteiger partial charge in [-0.2, -0.15) is 11.8 Å². The van der Waals surface area contributed by atoms with E-state index in [9.17, 15) is 0 Å². The molecule has 3 rings (SSSR count). The molecule has 1 aromatic carbocycles. The van der Waals surface area contributed by atoms with Gasteiger partial charge in [0.25, 0.3) is 0 Å². The first-order valence-corrected chi connectivity index (χ1v) is 9.17. The number of nitrogens with zero attached hydrogens (tertiary/aromatic N) is 2. The van der Waals surface area contributed by atoms with Gasteiger partial charge in [0.2, 0.25) is 0 Å². The standard InChI is InChI=1S/C16H17N3S2/c1-3-17-15-14-12(11-7-5-4-6-8-11)9-21-16(14)19-13(18-15)10-20-2/h4-9H,3,10H2,1-2H3,(H,17,18,19). The van der Waals surface area contributed by atoms with Crippen molar-refractivity contribution in [3.8, 4) is 11.1 Å². The van der Waals surface area contributed by atoms with E-state index in [4.69, 9.17) is 9.97 Å². The van der Waals surface area contributed by atoms with Crippen molar-refractivity contribution >= 4 is 39.1 Å². The van der Waals surface area contributed by atoms with E-state index >= 15 is 0 Å². The van der Waals surface area contributed by atoms with Crippen molar-refractivity contribution in [3.63, 3.8) is 0 Å². The normalized spacial score (nSPS) is 11.0. The highest BCUT2D eigenvalue weighted by atomic mass is 32.2. The predicted octanol–water partition coefficient (Wildman–Crippen LogP) is 4.65. The highest BCUT2D eigenvalue weighted by molar-refractivity contribution is 7.97. The molecule has 0 fully saturated rings. The van der Waals surface area contributed by atoms with Crippen LogP contribution in [0.15, 0.2) is 35.7 Å². The number of thiophene rings is 1. The fourth-order valence-corrected chi connectivity index (χ4v) is 3.66. The molecule has 0 aliphatic heterocycles. The number of anilines is 1. The van der Waals surface area contributed by atoms with Crippen molar-refractivity contribution in [3.05, 3.63) is 41.5 Å². The van der Waals surface area contributed by atoms with Crippen LogP contribution in [0.5, 0.6) is 0 Å². The van der Waals surface area contributed by atoms with Gasteiger partial charge in [0.15, 0.2) is 0 Å². The van der Waals surface area contributed by atoms with E-state index in [1.807, 2.05) is 6.07 Å². The molecule has 0 aliphatic rings. The summed E-state index contributed by atoms with van der Waals surface area (Å²) in [6.45, 7) is 2.95. The molecule has 0 unspecified atom stereocenters. The van der Waals surface area contributed by atoms with Crippen LogP contribution in [0, 0.1) is 0 Å². The Bertz CT molecular complexity index is 738. The number of thioether (sulfide) groups is 1. The monoisotopic (exact) mass is 315 g/mol. The van der Waals surface area contributed by atoms with Gasteiger partial charge in [0.05, 0.1) is 11.1 Å². The molecule has 0 saturated carbocycles. The Kier molecular flexibility index (Phi) is 4.41. The third-order valence-electron chi connectivity index (χ3n) is 3.18. The van der Waals surface area contributed by atoms with Crippen molar-refractivity contribution in [1.82, 2.24) is 9.97 Å². The maximum atomic E-state index is 4.70. The van der Waals surface area contributed by atoms with Gasteiger partial charge >= 0.3 is 0 Å². The molecular weight excluding hydrogens is 298 g/mol. The number of hydrogen-bond donors (Lipinski definition) is 1. The molecule has 3 nitrogen and oxygen atoms in total. The molecule has 5 heteroatoms. The number of rotatable bonds is 5. The van der Waals surface area contributed by atoms with Crippen LogP contribution in [0.2, 0.25) is 0 Å². The molecular formula is C16H17N3S2. The van der Waals surface area contributed by atoms with Crippen LogP contribution in [0.25, 0.3) is 21.3 Å². The predicted molar refractivity (Wildman–Crippen MR) is 94.2 cm³/mol. The summed E-state index contributed by atoms with van der Waals surface area (Å²) in [5, 5.41) is 6.71. The topological polar surface area (TPSA) is 37.8 Å². The van der Waals surface area contributed by atoms with E-state index in [1.165, 1.54) is 11.1 Å². The molecule has 0 saturated heterocycles. The van der Waals surface area contributed by atoms with Gasteiger partial charge in [-0.05, 0) is 18.7 Å². The van der Waals surface area contributed by atoms with Crippen LogP contribution in [0.4, 0.5) is 5.82 Å². The average Bonchev–Trinajstić information content (AvgIpc) is 2.93. The molecule has 0 bridgehead atoms. The molecule has 108 valence electrons. The summed E-state index contributed by atoms with van der Waals surface area (Å²) < 4.78 is 0. The molecule has 0 radical (unpaired) electrons. The van der Waals surface area contributed by atoms with Crippen LogP contribution >= 0.6 is 23.1 Å². The summed E-state index contributed by atoms with van der Waals surface area (Å²) in [5.41, 5.74) is 2.42. The Balaban J connectivity index is 2.19. The van der Waals surface area contributed by atoms with Gasteiger partial charge in [-0.1, -0.05) is 30.3 Å². The fraction of sp³-hybridized carbons (Fsp3) is 0.250. The average molecular weight is 315 g/mol. The molecule has 0 spiro atoms. The summed E-state index contributed by atoms with van der Waals surface area (Å²) in [6.07, 6.45) is 2.07. The minimum absolute atomic E-state index is 0.840. The Labute approximate surface area is 132 Å². The van der Waals surface area contributed by atoms with Gasteiger partial charge in [0.1, 0.15) is 16.5 Å². The lowest BCUT2D eigenvalue weighted by Gasteiger charge is -2.08. The molecule has 2 aromatic heterocycles. The van der Waals surface area contributed by atoms with E-state index in [2.05, 4.69) is 48.1 Å². The van der Waals surface area contributed by atoms with Crippen LogP contribution in [0.1, 0.15) is 12.7 Å². The van der Waals surface area contributed by atoms with Crippen LogP contribution in [-0.2, 0) is 5.75 Å². The third-order valence-corrected chi connectivity index (χ3v) is 4.60. The summed E-state index contributed by atoms with van der Waals surface area (Å²) in [5.74, 6) is 2.69. The molecule has 1 N–H and O–H groups in total. The minimum Gasteiger partial charge on any atom is -0.370 e. The van der Waals surface area contributed by atoms with Crippen molar-refractivity contribution in [1.29, 1.82) is 0 Å². The van der Waals surface area contributed by atoms with Crippen molar-refractivity contribution in [2.75, 3.05) is 18.1 Å². The van der Waals surface area contributed by atoms with Crippen LogP contribution in [-0.4, -0.2) is 22.8 Å². The first-order valence-electron chi connectivity index (χ1n) is 6.89. The SMILES string of the molecule is CCNc1nc(CSC)nc2scc(-c3ccccc3)c12. The maximum Gasteiger partial charge on any atom is 0.142 e. The second-order valence-electron chi connectivity index (χ2n) is 4.65. The van der Waals surface area contributed by atoms with E-state index in [0.717, 1.165) is 34.2 Å². The van der Waals surface area contributed by atoms with Gasteiger partial charge in [-0.25, -0.2) is 9.97 Å². The third kappa shape index (κ3) is 2.89. The molecule has 3 aromatic rings. The number of nitrogens with one attached hydrogen (secondary N) is 1. The van der Waals surface area contributed by atoms with Gasteiger partial charge in [-0.15, -0.1) is 11.3 Å². The number of benzene rings is 1. The molecule has 0 amide bonds. The fourth-order valence-electron chi connectivity index (χ4n) is 2.31. The first kappa shape index (κ1) is 14.4. The Morgan fingerprint density at radius 1 is 1.19 bits per heavy atom. The van der Waals surface area contributed by atoms with Crippen molar-refractivity contribution < 1.29 is 0 Å². The number of aromatic nitrogens is 2. The first-order chi connectivity index (χ1) is 10.3. The summed E-state index contributed by atoms with van der Waals surface area (Å²) in [7, 11) is 0. The van der Waals surface area contributed by atoms with Gasteiger partial charge in [-0.3, -0.25) is 0 Å². The number of hydrogen-bond acceptors (Lipinski definition) is 5. The van der Waals surface area contributed by atoms with E-state index in [0.29, 0.717) is 0 Å². The number of fused-ring (bicyclic) bond motifs is 1. The van der Waals surface area contributed by atoms with Gasteiger partial charge in [0, 0.05) is 17.5 Å². The van der Waals surface area contributed by atoms with Crippen LogP contribution in [0.3, 0.4) is 0 Å². The Hall–Kier alpha value is -1.59. The van der Waals surface area contributed by atoms with Gasteiger partial charge < -0.3 is 5.32 Å². The lowest BCUT2D eigenvalue weighted by molar-refractivity contribution is 1.06. The molecule has 21 heavy (non-hydrogen) atoms. The maximum absolute atomic E-state index is 4.70. The lowest BCUT2D eigenvalue weighted by atomic mass is 10.1. The summed E-state index contributed by atoms with van der Waals surface area (Å²) in [6, 6.07) is 10.4. The minimum atomic E-state index is 0.840. The zero-order chi connectivity index (χ0) is 14.7. The quantitative estimate of drug-likeness (QED) is 0.743. The second-order valence-corrected chi connectivity index (χ2v) is 6.37. The Morgan fingerprint density at radius 2 is 2.00 bits per heavy atom. The second kappa shape index (κ2) is 6.45.